The first-order chi connectivity index (χ1) is 14.4. The molecule has 0 amide bonds. The van der Waals surface area contributed by atoms with Gasteiger partial charge in [-0.05, 0) is 50.2 Å². The largest absolute Gasteiger partial charge is 0.389 e. The number of thiophene rings is 1. The summed E-state index contributed by atoms with van der Waals surface area (Å²) in [6.45, 7) is 5.68. The molecule has 0 bridgehead atoms. The molecule has 2 fully saturated rings. The molecule has 5 rings (SSSR count). The van der Waals surface area contributed by atoms with Crippen molar-refractivity contribution < 1.29 is 15.0 Å². The van der Waals surface area contributed by atoms with Crippen LogP contribution < -0.4 is 0 Å². The van der Waals surface area contributed by atoms with Crippen molar-refractivity contribution in [2.45, 2.75) is 51.9 Å². The molecule has 2 aliphatic carbocycles. The molecule has 154 valence electrons. The van der Waals surface area contributed by atoms with Gasteiger partial charge in [-0.15, -0.1) is 11.3 Å². The molecule has 8 heteroatoms. The highest BCUT2D eigenvalue weighted by Gasteiger charge is 2.74. The number of carbonyl (C=O) groups excluding carboxylic acids is 1. The molecule has 2 N–H and O–H groups in total. The van der Waals surface area contributed by atoms with Crippen molar-refractivity contribution in [2.24, 2.45) is 11.3 Å². The second kappa shape index (κ2) is 6.71. The average molecular weight is 423 g/mol. The summed E-state index contributed by atoms with van der Waals surface area (Å²) in [5, 5.41) is 21.4. The molecule has 0 spiro atoms. The lowest BCUT2D eigenvalue weighted by Gasteiger charge is -2.23. The summed E-state index contributed by atoms with van der Waals surface area (Å²) in [4.78, 5) is 28.1. The van der Waals surface area contributed by atoms with Crippen molar-refractivity contribution in [3.05, 3.63) is 39.7 Å². The number of nitrogens with zero attached hydrogens (tertiary/aromatic N) is 4. The van der Waals surface area contributed by atoms with Gasteiger partial charge in [0.2, 0.25) is 5.82 Å². The third kappa shape index (κ3) is 2.66. The Morgan fingerprint density at radius 3 is 2.80 bits per heavy atom. The molecule has 2 saturated carbocycles. The molecule has 30 heavy (non-hydrogen) atoms. The van der Waals surface area contributed by atoms with Crippen LogP contribution in [0.4, 0.5) is 0 Å². The number of aromatic nitrogens is 4. The summed E-state index contributed by atoms with van der Waals surface area (Å²) < 4.78 is 1.79. The molecule has 0 saturated heterocycles. The molecule has 3 aromatic heterocycles. The van der Waals surface area contributed by atoms with Crippen molar-refractivity contribution in [2.75, 3.05) is 0 Å². The number of aliphatic hydroxyl groups is 2. The van der Waals surface area contributed by atoms with Crippen LogP contribution in [0.15, 0.2) is 18.5 Å². The number of Topliss-reactive ketones (excluding diaryl/α,β-unsaturated/α-hetero) is 1. The predicted octanol–water partition coefficient (Wildman–Crippen LogP) is 2.17. The Hall–Kier alpha value is -2.60. The second-order valence-corrected chi connectivity index (χ2v) is 9.46. The summed E-state index contributed by atoms with van der Waals surface area (Å²) in [5.74, 6) is 6.39. The Morgan fingerprint density at radius 2 is 2.10 bits per heavy atom. The fraction of sp³-hybridized carbons (Fsp3) is 0.455. The summed E-state index contributed by atoms with van der Waals surface area (Å²) in [5.41, 5.74) is 1.06. The second-order valence-electron chi connectivity index (χ2n) is 8.17. The van der Waals surface area contributed by atoms with Crippen LogP contribution in [0.3, 0.4) is 0 Å². The van der Waals surface area contributed by atoms with Crippen LogP contribution in [0.5, 0.6) is 0 Å². The molecule has 3 aromatic rings. The minimum atomic E-state index is -1.07. The fourth-order valence-electron chi connectivity index (χ4n) is 4.92. The van der Waals surface area contributed by atoms with Crippen LogP contribution in [-0.2, 0) is 4.79 Å². The molecule has 0 radical (unpaired) electrons. The zero-order chi connectivity index (χ0) is 21.2. The molecule has 0 aliphatic heterocycles. The highest BCUT2D eigenvalue weighted by Crippen LogP contribution is 2.68. The Bertz CT molecular complexity index is 1240. The van der Waals surface area contributed by atoms with Gasteiger partial charge in [0.15, 0.2) is 5.65 Å². The Labute approximate surface area is 177 Å². The number of hydrogen-bond acceptors (Lipinski definition) is 7. The minimum absolute atomic E-state index is 0.00887. The summed E-state index contributed by atoms with van der Waals surface area (Å²) in [7, 11) is 0. The maximum absolute atomic E-state index is 12.5. The maximum atomic E-state index is 12.5. The monoisotopic (exact) mass is 422 g/mol. The maximum Gasteiger partial charge on any atom is 0.207 e. The topological polar surface area (TPSA) is 101 Å². The Kier molecular flexibility index (Phi) is 4.33. The third-order valence-corrected chi connectivity index (χ3v) is 7.38. The van der Waals surface area contributed by atoms with Crippen LogP contribution in [0.25, 0.3) is 11.2 Å². The van der Waals surface area contributed by atoms with Crippen LogP contribution in [-0.4, -0.2) is 47.7 Å². The van der Waals surface area contributed by atoms with Gasteiger partial charge in [0.25, 0.3) is 0 Å². The fourth-order valence-corrected chi connectivity index (χ4v) is 5.65. The van der Waals surface area contributed by atoms with E-state index in [1.807, 2.05) is 26.0 Å². The van der Waals surface area contributed by atoms with E-state index in [9.17, 15) is 15.0 Å². The molecule has 5 atom stereocenters. The number of hydrogen-bond donors (Lipinski definition) is 2. The Balaban J connectivity index is 1.56. The van der Waals surface area contributed by atoms with E-state index < -0.39 is 23.7 Å². The van der Waals surface area contributed by atoms with E-state index in [2.05, 4.69) is 26.8 Å². The zero-order valence-corrected chi connectivity index (χ0v) is 17.8. The van der Waals surface area contributed by atoms with Crippen molar-refractivity contribution >= 4 is 28.3 Å². The summed E-state index contributed by atoms with van der Waals surface area (Å²) >= 11 is 1.61. The molecule has 0 aromatic carbocycles. The van der Waals surface area contributed by atoms with E-state index in [0.29, 0.717) is 35.5 Å². The molecule has 3 heterocycles. The summed E-state index contributed by atoms with van der Waals surface area (Å²) in [6, 6.07) is 3.54. The van der Waals surface area contributed by atoms with E-state index in [1.54, 1.807) is 29.2 Å². The van der Waals surface area contributed by atoms with Crippen molar-refractivity contribution in [3.8, 4) is 11.8 Å². The van der Waals surface area contributed by atoms with E-state index in [4.69, 9.17) is 0 Å². The lowest BCUT2D eigenvalue weighted by atomic mass is 9.92. The standard InChI is InChI=1S/C22H22N4O3S/c1-4-15(27)22-9-14(22)18(19(28)20(22)29)26-10-23-17-12(3)24-16(25-21(17)26)8-7-13-6-5-11(2)30-13/h5-6,10,14,18-20,28-29H,4,9H2,1-3H3/t14-,18-,19?,20-,22-/m1/s1. The van der Waals surface area contributed by atoms with E-state index in [-0.39, 0.29) is 11.7 Å². The van der Waals surface area contributed by atoms with Gasteiger partial charge in [0.05, 0.1) is 34.5 Å². The molecule has 2 aliphatic rings. The first-order valence-electron chi connectivity index (χ1n) is 10.1. The first-order valence-corrected chi connectivity index (χ1v) is 10.9. The number of carbonyl (C=O) groups is 1. The van der Waals surface area contributed by atoms with E-state index in [1.165, 1.54) is 4.88 Å². The summed E-state index contributed by atoms with van der Waals surface area (Å²) in [6.07, 6.45) is 0.437. The molecule has 7 nitrogen and oxygen atoms in total. The van der Waals surface area contributed by atoms with Gasteiger partial charge in [-0.2, -0.15) is 0 Å². The SMILES string of the molecule is CCC(=O)[C@@]12C[C@@H]1[C@@H](n1cnc3c(C)nc(C#Cc4ccc(C)s4)nc31)C(O)[C@H]2O. The van der Waals surface area contributed by atoms with Crippen molar-refractivity contribution in [3.63, 3.8) is 0 Å². The van der Waals surface area contributed by atoms with Gasteiger partial charge in [0.1, 0.15) is 17.4 Å². The normalized spacial score (nSPS) is 29.5. The quantitative estimate of drug-likeness (QED) is 0.628. The van der Waals surface area contributed by atoms with Crippen LogP contribution in [0, 0.1) is 37.0 Å². The van der Waals surface area contributed by atoms with Gasteiger partial charge in [-0.25, -0.2) is 15.0 Å². The number of ketones is 1. The number of rotatable bonds is 3. The van der Waals surface area contributed by atoms with Crippen molar-refractivity contribution in [1.82, 2.24) is 19.5 Å². The molecule has 1 unspecified atom stereocenters. The lowest BCUT2D eigenvalue weighted by Crippen LogP contribution is -2.37. The zero-order valence-electron chi connectivity index (χ0n) is 17.0. The van der Waals surface area contributed by atoms with E-state index >= 15 is 0 Å². The lowest BCUT2D eigenvalue weighted by molar-refractivity contribution is -0.130. The van der Waals surface area contributed by atoms with Crippen molar-refractivity contribution in [1.29, 1.82) is 0 Å². The van der Waals surface area contributed by atoms with Gasteiger partial charge >= 0.3 is 0 Å². The van der Waals surface area contributed by atoms with Gasteiger partial charge < -0.3 is 14.8 Å². The van der Waals surface area contributed by atoms with Gasteiger partial charge in [-0.1, -0.05) is 6.92 Å². The van der Waals surface area contributed by atoms with Crippen LogP contribution >= 0.6 is 11.3 Å². The average Bonchev–Trinajstić information content (AvgIpc) is 2.98. The highest BCUT2D eigenvalue weighted by atomic mass is 32.1. The minimum Gasteiger partial charge on any atom is -0.389 e. The van der Waals surface area contributed by atoms with Gasteiger partial charge in [0, 0.05) is 11.3 Å². The smallest absolute Gasteiger partial charge is 0.207 e. The number of aliphatic hydroxyl groups excluding tert-OH is 2. The highest BCUT2D eigenvalue weighted by molar-refractivity contribution is 7.12. The number of fused-ring (bicyclic) bond motifs is 2. The number of imidazole rings is 1. The molecular weight excluding hydrogens is 400 g/mol. The third-order valence-electron chi connectivity index (χ3n) is 6.47. The Morgan fingerprint density at radius 1 is 1.30 bits per heavy atom. The number of aryl methyl sites for hydroxylation is 2. The van der Waals surface area contributed by atoms with E-state index in [0.717, 1.165) is 4.88 Å². The van der Waals surface area contributed by atoms with Crippen LogP contribution in [0.2, 0.25) is 0 Å². The predicted molar refractivity (Wildman–Crippen MR) is 112 cm³/mol. The van der Waals surface area contributed by atoms with Crippen LogP contribution in [0.1, 0.15) is 47.1 Å². The molecular formula is C22H22N4O3S. The first kappa shape index (κ1) is 19.4. The van der Waals surface area contributed by atoms with Gasteiger partial charge in [-0.3, -0.25) is 4.79 Å².